The second-order valence-electron chi connectivity index (χ2n) is 2.52. The van der Waals surface area contributed by atoms with Gasteiger partial charge in [0.05, 0.1) is 11.8 Å². The Morgan fingerprint density at radius 2 is 2.55 bits per heavy atom. The molecule has 0 radical (unpaired) electrons. The first kappa shape index (κ1) is 8.23. The van der Waals surface area contributed by atoms with E-state index < -0.39 is 6.10 Å². The Hall–Kier alpha value is -0.870. The van der Waals surface area contributed by atoms with Gasteiger partial charge >= 0.3 is 0 Å². The largest absolute Gasteiger partial charge is 0.391 e. The van der Waals surface area contributed by atoms with Crippen LogP contribution in [0.1, 0.15) is 11.5 Å². The Balaban J connectivity index is 2.50. The third-order valence-corrected chi connectivity index (χ3v) is 1.39. The molecule has 1 atom stereocenters. The molecule has 0 aliphatic rings. The van der Waals surface area contributed by atoms with E-state index >= 15 is 0 Å². The maximum atomic E-state index is 9.11. The zero-order valence-electron chi connectivity index (χ0n) is 6.45. The van der Waals surface area contributed by atoms with E-state index in [0.717, 1.165) is 11.5 Å². The van der Waals surface area contributed by atoms with Gasteiger partial charge in [0.2, 0.25) is 0 Å². The van der Waals surface area contributed by atoms with Crippen LogP contribution >= 0.6 is 0 Å². The van der Waals surface area contributed by atoms with Crippen LogP contribution in [0, 0.1) is 6.92 Å². The van der Waals surface area contributed by atoms with Crippen molar-refractivity contribution in [2.24, 2.45) is 5.73 Å². The van der Waals surface area contributed by atoms with Gasteiger partial charge in [0, 0.05) is 19.0 Å². The van der Waals surface area contributed by atoms with E-state index in [0.29, 0.717) is 6.42 Å². The average molecular weight is 156 g/mol. The van der Waals surface area contributed by atoms with Crippen LogP contribution in [-0.2, 0) is 6.42 Å². The maximum absolute atomic E-state index is 9.11. The first-order chi connectivity index (χ1) is 5.22. The van der Waals surface area contributed by atoms with Crippen molar-refractivity contribution in [3.8, 4) is 0 Å². The van der Waals surface area contributed by atoms with Crippen LogP contribution in [0.15, 0.2) is 10.6 Å². The molecule has 1 heterocycles. The van der Waals surface area contributed by atoms with Gasteiger partial charge in [-0.05, 0) is 6.92 Å². The van der Waals surface area contributed by atoms with Gasteiger partial charge in [-0.15, -0.1) is 0 Å². The summed E-state index contributed by atoms with van der Waals surface area (Å²) >= 11 is 0. The summed E-state index contributed by atoms with van der Waals surface area (Å²) in [5, 5.41) is 12.8. The molecule has 62 valence electrons. The van der Waals surface area contributed by atoms with Crippen molar-refractivity contribution in [3.05, 3.63) is 17.5 Å². The highest BCUT2D eigenvalue weighted by molar-refractivity contribution is 5.04. The van der Waals surface area contributed by atoms with E-state index in [2.05, 4.69) is 5.16 Å². The molecule has 0 aliphatic heterocycles. The number of rotatable bonds is 3. The molecule has 0 saturated heterocycles. The molecule has 1 rings (SSSR count). The Morgan fingerprint density at radius 1 is 1.82 bits per heavy atom. The fraction of sp³-hybridized carbons (Fsp3) is 0.571. The lowest BCUT2D eigenvalue weighted by Crippen LogP contribution is -2.22. The summed E-state index contributed by atoms with van der Waals surface area (Å²) in [6.45, 7) is 2.07. The van der Waals surface area contributed by atoms with Crippen molar-refractivity contribution < 1.29 is 9.63 Å². The van der Waals surface area contributed by atoms with E-state index in [1.165, 1.54) is 0 Å². The zero-order chi connectivity index (χ0) is 8.27. The summed E-state index contributed by atoms with van der Waals surface area (Å²) in [7, 11) is 0. The molecule has 1 aromatic rings. The quantitative estimate of drug-likeness (QED) is 0.638. The third-order valence-electron chi connectivity index (χ3n) is 1.39. The molecule has 1 unspecified atom stereocenters. The second kappa shape index (κ2) is 3.50. The molecular formula is C7H12N2O2. The summed E-state index contributed by atoms with van der Waals surface area (Å²) in [4.78, 5) is 0. The van der Waals surface area contributed by atoms with Gasteiger partial charge in [-0.1, -0.05) is 5.16 Å². The molecule has 11 heavy (non-hydrogen) atoms. The van der Waals surface area contributed by atoms with Crippen molar-refractivity contribution in [3.63, 3.8) is 0 Å². The predicted octanol–water partition coefficient (Wildman–Crippen LogP) is -0.155. The molecule has 0 aliphatic carbocycles. The molecule has 0 saturated carbocycles. The molecule has 0 spiro atoms. The molecule has 0 fully saturated rings. The SMILES string of the molecule is Cc1cc(CC(O)CN)no1. The molecule has 0 bridgehead atoms. The van der Waals surface area contributed by atoms with Crippen molar-refractivity contribution in [2.75, 3.05) is 6.54 Å². The van der Waals surface area contributed by atoms with E-state index in [9.17, 15) is 0 Å². The highest BCUT2D eigenvalue weighted by Gasteiger charge is 2.06. The molecule has 4 nitrogen and oxygen atoms in total. The van der Waals surface area contributed by atoms with Crippen LogP contribution in [-0.4, -0.2) is 22.9 Å². The topological polar surface area (TPSA) is 72.3 Å². The van der Waals surface area contributed by atoms with Gasteiger partial charge in [-0.2, -0.15) is 0 Å². The Bertz CT molecular complexity index is 222. The molecule has 1 aromatic heterocycles. The monoisotopic (exact) mass is 156 g/mol. The number of aromatic nitrogens is 1. The van der Waals surface area contributed by atoms with Crippen molar-refractivity contribution in [2.45, 2.75) is 19.4 Å². The standard InChI is InChI=1S/C7H12N2O2/c1-5-2-6(9-11-5)3-7(10)4-8/h2,7,10H,3-4,8H2,1H3. The van der Waals surface area contributed by atoms with Crippen molar-refractivity contribution >= 4 is 0 Å². The number of aliphatic hydroxyl groups excluding tert-OH is 1. The number of hydrogen-bond donors (Lipinski definition) is 2. The first-order valence-corrected chi connectivity index (χ1v) is 3.52. The van der Waals surface area contributed by atoms with Gasteiger partial charge in [0.25, 0.3) is 0 Å². The van der Waals surface area contributed by atoms with Gasteiger partial charge in [0.1, 0.15) is 5.76 Å². The number of hydrogen-bond acceptors (Lipinski definition) is 4. The van der Waals surface area contributed by atoms with Gasteiger partial charge in [0.15, 0.2) is 0 Å². The molecule has 0 aromatic carbocycles. The summed E-state index contributed by atoms with van der Waals surface area (Å²) in [6, 6.07) is 1.79. The highest BCUT2D eigenvalue weighted by Crippen LogP contribution is 2.03. The third kappa shape index (κ3) is 2.32. The lowest BCUT2D eigenvalue weighted by Gasteiger charge is -2.02. The Morgan fingerprint density at radius 3 is 3.00 bits per heavy atom. The van der Waals surface area contributed by atoms with E-state index in [4.69, 9.17) is 15.4 Å². The fourth-order valence-corrected chi connectivity index (χ4v) is 0.839. The molecule has 4 heteroatoms. The molecular weight excluding hydrogens is 144 g/mol. The Kier molecular flexibility index (Phi) is 2.62. The number of nitrogens with two attached hydrogens (primary N) is 1. The van der Waals surface area contributed by atoms with Gasteiger partial charge in [-0.25, -0.2) is 0 Å². The number of aryl methyl sites for hydroxylation is 1. The van der Waals surface area contributed by atoms with Crippen molar-refractivity contribution in [1.29, 1.82) is 0 Å². The predicted molar refractivity (Wildman–Crippen MR) is 40.0 cm³/mol. The summed E-state index contributed by atoms with van der Waals surface area (Å²) in [5.41, 5.74) is 5.97. The smallest absolute Gasteiger partial charge is 0.133 e. The molecule has 0 amide bonds. The van der Waals surface area contributed by atoms with Crippen LogP contribution in [0.4, 0.5) is 0 Å². The number of aliphatic hydroxyl groups is 1. The maximum Gasteiger partial charge on any atom is 0.133 e. The van der Waals surface area contributed by atoms with Crippen LogP contribution in [0.5, 0.6) is 0 Å². The van der Waals surface area contributed by atoms with E-state index in [1.807, 2.05) is 6.92 Å². The van der Waals surface area contributed by atoms with Crippen LogP contribution < -0.4 is 5.73 Å². The van der Waals surface area contributed by atoms with E-state index in [1.54, 1.807) is 6.07 Å². The normalized spacial score (nSPS) is 13.4. The van der Waals surface area contributed by atoms with Gasteiger partial charge < -0.3 is 15.4 Å². The van der Waals surface area contributed by atoms with Crippen LogP contribution in [0.2, 0.25) is 0 Å². The minimum absolute atomic E-state index is 0.256. The molecule has 3 N–H and O–H groups in total. The number of nitrogens with zero attached hydrogens (tertiary/aromatic N) is 1. The zero-order valence-corrected chi connectivity index (χ0v) is 6.45. The summed E-state index contributed by atoms with van der Waals surface area (Å²) < 4.78 is 4.81. The lowest BCUT2D eigenvalue weighted by atomic mass is 10.2. The Labute approximate surface area is 65.0 Å². The average Bonchev–Trinajstić information content (AvgIpc) is 2.35. The van der Waals surface area contributed by atoms with Gasteiger partial charge in [-0.3, -0.25) is 0 Å². The van der Waals surface area contributed by atoms with Crippen LogP contribution in [0.3, 0.4) is 0 Å². The minimum Gasteiger partial charge on any atom is -0.391 e. The van der Waals surface area contributed by atoms with Crippen molar-refractivity contribution in [1.82, 2.24) is 5.16 Å². The lowest BCUT2D eigenvalue weighted by molar-refractivity contribution is 0.180. The van der Waals surface area contributed by atoms with E-state index in [-0.39, 0.29) is 6.54 Å². The first-order valence-electron chi connectivity index (χ1n) is 3.52. The second-order valence-corrected chi connectivity index (χ2v) is 2.52. The summed E-state index contributed by atoms with van der Waals surface area (Å²) in [5.74, 6) is 0.754. The van der Waals surface area contributed by atoms with Crippen LogP contribution in [0.25, 0.3) is 0 Å². The fourth-order valence-electron chi connectivity index (χ4n) is 0.839. The highest BCUT2D eigenvalue weighted by atomic mass is 16.5. The summed E-state index contributed by atoms with van der Waals surface area (Å²) in [6.07, 6.45) is -0.0482. The minimum atomic E-state index is -0.514.